The van der Waals surface area contributed by atoms with Gasteiger partial charge in [0, 0.05) is 18.9 Å². The molecular weight excluding hydrogens is 366 g/mol. The molecule has 0 fully saturated rings. The van der Waals surface area contributed by atoms with E-state index < -0.39 is 9.84 Å². The molecule has 0 aliphatic rings. The van der Waals surface area contributed by atoms with Crippen molar-refractivity contribution in [3.8, 4) is 5.69 Å². The SMILES string of the molecule is CC(=O)Nc1ccc2nc(CS(C)(=O)=O)n(-c3ccccc3C)c(=O)c2c1. The highest BCUT2D eigenvalue weighted by atomic mass is 32.2. The number of carbonyl (C=O) groups excluding carboxylic acids is 1. The number of anilines is 1. The van der Waals surface area contributed by atoms with E-state index in [1.807, 2.05) is 19.1 Å². The average Bonchev–Trinajstić information content (AvgIpc) is 2.55. The van der Waals surface area contributed by atoms with E-state index in [9.17, 15) is 18.0 Å². The van der Waals surface area contributed by atoms with Crippen molar-refractivity contribution in [2.45, 2.75) is 19.6 Å². The van der Waals surface area contributed by atoms with Crippen LogP contribution in [0.3, 0.4) is 0 Å². The summed E-state index contributed by atoms with van der Waals surface area (Å²) in [6.45, 7) is 3.22. The van der Waals surface area contributed by atoms with Crippen molar-refractivity contribution >= 4 is 32.3 Å². The third kappa shape index (κ3) is 4.06. The van der Waals surface area contributed by atoms with Crippen molar-refractivity contribution < 1.29 is 13.2 Å². The van der Waals surface area contributed by atoms with E-state index in [1.165, 1.54) is 11.5 Å². The Bertz CT molecular complexity index is 1210. The van der Waals surface area contributed by atoms with Crippen molar-refractivity contribution in [1.82, 2.24) is 9.55 Å². The van der Waals surface area contributed by atoms with E-state index in [2.05, 4.69) is 10.3 Å². The lowest BCUT2D eigenvalue weighted by molar-refractivity contribution is -0.114. The fraction of sp³-hybridized carbons (Fsp3) is 0.211. The molecule has 1 aromatic heterocycles. The van der Waals surface area contributed by atoms with Crippen molar-refractivity contribution in [2.24, 2.45) is 0 Å². The van der Waals surface area contributed by atoms with Crippen LogP contribution in [0.5, 0.6) is 0 Å². The Balaban J connectivity index is 2.36. The first-order valence-corrected chi connectivity index (χ1v) is 10.3. The summed E-state index contributed by atoms with van der Waals surface area (Å²) in [6, 6.07) is 12.0. The molecule has 140 valence electrons. The van der Waals surface area contributed by atoms with Gasteiger partial charge in [-0.3, -0.25) is 14.2 Å². The summed E-state index contributed by atoms with van der Waals surface area (Å²) in [6.07, 6.45) is 1.10. The Morgan fingerprint density at radius 1 is 1.19 bits per heavy atom. The Labute approximate surface area is 156 Å². The summed E-state index contributed by atoms with van der Waals surface area (Å²) >= 11 is 0. The van der Waals surface area contributed by atoms with Crippen molar-refractivity contribution in [3.05, 3.63) is 64.2 Å². The van der Waals surface area contributed by atoms with Gasteiger partial charge in [-0.15, -0.1) is 0 Å². The number of aromatic nitrogens is 2. The normalized spacial score (nSPS) is 11.5. The van der Waals surface area contributed by atoms with Crippen LogP contribution in [0.25, 0.3) is 16.6 Å². The second-order valence-corrected chi connectivity index (χ2v) is 8.58. The van der Waals surface area contributed by atoms with Gasteiger partial charge in [0.1, 0.15) is 11.6 Å². The predicted octanol–water partition coefficient (Wildman–Crippen LogP) is 2.20. The first-order valence-electron chi connectivity index (χ1n) is 8.23. The maximum atomic E-state index is 13.2. The quantitative estimate of drug-likeness (QED) is 0.742. The van der Waals surface area contributed by atoms with Crippen molar-refractivity contribution in [1.29, 1.82) is 0 Å². The van der Waals surface area contributed by atoms with Gasteiger partial charge in [-0.2, -0.15) is 0 Å². The molecule has 0 aliphatic heterocycles. The summed E-state index contributed by atoms with van der Waals surface area (Å²) in [7, 11) is -3.41. The number of hydrogen-bond donors (Lipinski definition) is 1. The third-order valence-corrected chi connectivity index (χ3v) is 4.79. The molecule has 0 bridgehead atoms. The maximum absolute atomic E-state index is 13.2. The van der Waals surface area contributed by atoms with Gasteiger partial charge in [-0.25, -0.2) is 13.4 Å². The van der Waals surface area contributed by atoms with Gasteiger partial charge in [-0.1, -0.05) is 18.2 Å². The number of carbonyl (C=O) groups is 1. The van der Waals surface area contributed by atoms with Crippen LogP contribution in [-0.2, 0) is 20.4 Å². The van der Waals surface area contributed by atoms with Crippen LogP contribution in [0, 0.1) is 6.92 Å². The molecule has 3 rings (SSSR count). The molecule has 0 spiro atoms. The first kappa shape index (κ1) is 18.8. The molecule has 2 aromatic carbocycles. The highest BCUT2D eigenvalue weighted by molar-refractivity contribution is 7.89. The number of para-hydroxylation sites is 1. The van der Waals surface area contributed by atoms with Crippen LogP contribution < -0.4 is 10.9 Å². The van der Waals surface area contributed by atoms with Gasteiger partial charge in [0.25, 0.3) is 5.56 Å². The molecule has 0 radical (unpaired) electrons. The minimum Gasteiger partial charge on any atom is -0.326 e. The van der Waals surface area contributed by atoms with E-state index in [-0.39, 0.29) is 23.0 Å². The smallest absolute Gasteiger partial charge is 0.266 e. The lowest BCUT2D eigenvalue weighted by Gasteiger charge is -2.15. The lowest BCUT2D eigenvalue weighted by atomic mass is 10.1. The molecule has 0 saturated carbocycles. The van der Waals surface area contributed by atoms with Crippen molar-refractivity contribution in [2.75, 3.05) is 11.6 Å². The molecule has 0 atom stereocenters. The maximum Gasteiger partial charge on any atom is 0.266 e. The lowest BCUT2D eigenvalue weighted by Crippen LogP contribution is -2.26. The molecule has 8 heteroatoms. The summed E-state index contributed by atoms with van der Waals surface area (Å²) in [4.78, 5) is 29.0. The summed E-state index contributed by atoms with van der Waals surface area (Å²) in [5.41, 5.74) is 1.84. The van der Waals surface area contributed by atoms with Crippen LogP contribution in [0.15, 0.2) is 47.3 Å². The zero-order chi connectivity index (χ0) is 19.8. The molecular formula is C19H19N3O4S. The molecule has 1 N–H and O–H groups in total. The largest absolute Gasteiger partial charge is 0.326 e. The highest BCUT2D eigenvalue weighted by Gasteiger charge is 2.18. The topological polar surface area (TPSA) is 98.1 Å². The number of fused-ring (bicyclic) bond motifs is 1. The third-order valence-electron chi connectivity index (χ3n) is 4.01. The number of aryl methyl sites for hydroxylation is 1. The van der Waals surface area contributed by atoms with E-state index >= 15 is 0 Å². The molecule has 0 unspecified atom stereocenters. The minimum absolute atomic E-state index is 0.150. The zero-order valence-electron chi connectivity index (χ0n) is 15.2. The Hall–Kier alpha value is -3.00. The fourth-order valence-electron chi connectivity index (χ4n) is 2.91. The average molecular weight is 385 g/mol. The molecule has 0 aliphatic carbocycles. The fourth-order valence-corrected chi connectivity index (χ4v) is 3.57. The number of hydrogen-bond acceptors (Lipinski definition) is 5. The summed E-state index contributed by atoms with van der Waals surface area (Å²) in [5, 5.41) is 2.93. The van der Waals surface area contributed by atoms with Crippen LogP contribution in [-0.4, -0.2) is 30.1 Å². The molecule has 1 heterocycles. The minimum atomic E-state index is -3.41. The van der Waals surface area contributed by atoms with Crippen LogP contribution in [0.1, 0.15) is 18.3 Å². The Morgan fingerprint density at radius 3 is 2.52 bits per heavy atom. The first-order chi connectivity index (χ1) is 12.7. The van der Waals surface area contributed by atoms with Crippen molar-refractivity contribution in [3.63, 3.8) is 0 Å². The number of amides is 1. The number of nitrogens with zero attached hydrogens (tertiary/aromatic N) is 2. The van der Waals surface area contributed by atoms with Gasteiger partial charge in [0.05, 0.1) is 16.6 Å². The van der Waals surface area contributed by atoms with Crippen LogP contribution in [0.4, 0.5) is 5.69 Å². The van der Waals surface area contributed by atoms with E-state index in [0.29, 0.717) is 22.3 Å². The van der Waals surface area contributed by atoms with E-state index in [1.54, 1.807) is 30.3 Å². The van der Waals surface area contributed by atoms with Crippen LogP contribution >= 0.6 is 0 Å². The molecule has 1 amide bonds. The Morgan fingerprint density at radius 2 is 1.89 bits per heavy atom. The van der Waals surface area contributed by atoms with E-state index in [0.717, 1.165) is 11.8 Å². The number of benzene rings is 2. The van der Waals surface area contributed by atoms with Gasteiger partial charge in [-0.05, 0) is 36.8 Å². The van der Waals surface area contributed by atoms with Gasteiger partial charge >= 0.3 is 0 Å². The van der Waals surface area contributed by atoms with Gasteiger partial charge < -0.3 is 5.32 Å². The monoisotopic (exact) mass is 385 g/mol. The summed E-state index contributed by atoms with van der Waals surface area (Å²) in [5.74, 6) is -0.466. The van der Waals surface area contributed by atoms with Gasteiger partial charge in [0.15, 0.2) is 9.84 Å². The van der Waals surface area contributed by atoms with Gasteiger partial charge in [0.2, 0.25) is 5.91 Å². The number of nitrogens with one attached hydrogen (secondary N) is 1. The Kier molecular flexibility index (Phi) is 4.84. The molecule has 27 heavy (non-hydrogen) atoms. The number of sulfone groups is 1. The molecule has 0 saturated heterocycles. The zero-order valence-corrected chi connectivity index (χ0v) is 16.0. The standard InChI is InChI=1S/C19H19N3O4S/c1-12-6-4-5-7-17(12)22-18(11-27(3,25)26)21-16-9-8-14(20-13(2)23)10-15(16)19(22)24/h4-10H,11H2,1-3H3,(H,20,23). The molecule has 7 nitrogen and oxygen atoms in total. The summed E-state index contributed by atoms with van der Waals surface area (Å²) < 4.78 is 25.1. The number of rotatable bonds is 4. The van der Waals surface area contributed by atoms with E-state index in [4.69, 9.17) is 0 Å². The second kappa shape index (κ2) is 6.96. The predicted molar refractivity (Wildman–Crippen MR) is 105 cm³/mol. The van der Waals surface area contributed by atoms with Crippen LogP contribution in [0.2, 0.25) is 0 Å². The molecule has 3 aromatic rings. The second-order valence-electron chi connectivity index (χ2n) is 6.44. The highest BCUT2D eigenvalue weighted by Crippen LogP contribution is 2.20.